The number of fused-ring (bicyclic) bond motifs is 1. The van der Waals surface area contributed by atoms with Gasteiger partial charge in [-0.2, -0.15) is 0 Å². The Bertz CT molecular complexity index is 1130. The summed E-state index contributed by atoms with van der Waals surface area (Å²) in [6, 6.07) is 11.8. The minimum absolute atomic E-state index is 0.0163. The van der Waals surface area contributed by atoms with E-state index in [1.54, 1.807) is 6.26 Å². The molecule has 0 radical (unpaired) electrons. The summed E-state index contributed by atoms with van der Waals surface area (Å²) in [5, 5.41) is 12.1. The number of para-hydroxylation sites is 2. The lowest BCUT2D eigenvalue weighted by molar-refractivity contribution is -0.118. The average molecular weight is 425 g/mol. The third kappa shape index (κ3) is 4.25. The first-order valence-electron chi connectivity index (χ1n) is 9.95. The first kappa shape index (κ1) is 20.2. The molecule has 0 aliphatic rings. The van der Waals surface area contributed by atoms with Crippen LogP contribution < -0.4 is 5.32 Å². The Morgan fingerprint density at radius 3 is 2.83 bits per heavy atom. The van der Waals surface area contributed by atoms with Crippen LogP contribution in [0.1, 0.15) is 19.2 Å². The summed E-state index contributed by atoms with van der Waals surface area (Å²) in [5.41, 5.74) is 2.13. The summed E-state index contributed by atoms with van der Waals surface area (Å²) in [5.74, 6) is 2.61. The van der Waals surface area contributed by atoms with Crippen LogP contribution in [-0.2, 0) is 17.9 Å². The quantitative estimate of drug-likeness (QED) is 0.327. The van der Waals surface area contributed by atoms with E-state index in [1.807, 2.05) is 48.7 Å². The Morgan fingerprint density at radius 1 is 1.17 bits per heavy atom. The Labute approximate surface area is 178 Å². The Kier molecular flexibility index (Phi) is 6.18. The van der Waals surface area contributed by atoms with E-state index in [4.69, 9.17) is 4.42 Å². The average Bonchev–Trinajstić information content (AvgIpc) is 3.47. The molecule has 0 spiro atoms. The van der Waals surface area contributed by atoms with Gasteiger partial charge in [-0.15, -0.1) is 10.2 Å². The van der Waals surface area contributed by atoms with E-state index in [1.165, 1.54) is 11.8 Å². The number of nitrogens with zero attached hydrogens (tertiary/aromatic N) is 5. The maximum atomic E-state index is 12.3. The number of amides is 1. The molecule has 0 aliphatic carbocycles. The number of aryl methyl sites for hydroxylation is 2. The molecule has 8 nitrogen and oxygen atoms in total. The molecular weight excluding hydrogens is 400 g/mol. The molecule has 156 valence electrons. The van der Waals surface area contributed by atoms with Gasteiger partial charge >= 0.3 is 0 Å². The molecule has 0 bridgehead atoms. The predicted molar refractivity (Wildman–Crippen MR) is 116 cm³/mol. The van der Waals surface area contributed by atoms with Gasteiger partial charge in [-0.25, -0.2) is 4.98 Å². The number of hydrogen-bond donors (Lipinski definition) is 1. The van der Waals surface area contributed by atoms with E-state index in [-0.39, 0.29) is 5.91 Å². The van der Waals surface area contributed by atoms with E-state index >= 15 is 0 Å². The molecular formula is C21H24N6O2S. The van der Waals surface area contributed by atoms with Gasteiger partial charge in [-0.3, -0.25) is 9.36 Å². The van der Waals surface area contributed by atoms with Crippen molar-refractivity contribution in [3.63, 3.8) is 0 Å². The first-order chi connectivity index (χ1) is 14.7. The summed E-state index contributed by atoms with van der Waals surface area (Å²) in [7, 11) is 0. The second-order valence-electron chi connectivity index (χ2n) is 6.82. The zero-order valence-corrected chi connectivity index (χ0v) is 17.9. The van der Waals surface area contributed by atoms with Gasteiger partial charge in [0.1, 0.15) is 5.82 Å². The topological polar surface area (TPSA) is 90.8 Å². The molecule has 3 aromatic heterocycles. The zero-order valence-electron chi connectivity index (χ0n) is 17.0. The maximum Gasteiger partial charge on any atom is 0.230 e. The minimum Gasteiger partial charge on any atom is -0.461 e. The van der Waals surface area contributed by atoms with Gasteiger partial charge in [-0.1, -0.05) is 23.9 Å². The van der Waals surface area contributed by atoms with E-state index in [2.05, 4.69) is 31.1 Å². The van der Waals surface area contributed by atoms with Crippen molar-refractivity contribution in [1.82, 2.24) is 29.6 Å². The molecule has 4 rings (SSSR count). The molecule has 0 saturated heterocycles. The van der Waals surface area contributed by atoms with Crippen LogP contribution in [0.25, 0.3) is 22.6 Å². The zero-order chi connectivity index (χ0) is 20.9. The van der Waals surface area contributed by atoms with Crippen molar-refractivity contribution in [3.8, 4) is 11.6 Å². The van der Waals surface area contributed by atoms with Crippen molar-refractivity contribution in [2.24, 2.45) is 0 Å². The predicted octanol–water partition coefficient (Wildman–Crippen LogP) is 3.51. The van der Waals surface area contributed by atoms with Crippen molar-refractivity contribution in [1.29, 1.82) is 0 Å². The van der Waals surface area contributed by atoms with Gasteiger partial charge in [0, 0.05) is 19.6 Å². The molecule has 0 saturated carbocycles. The van der Waals surface area contributed by atoms with E-state index in [0.717, 1.165) is 29.8 Å². The largest absolute Gasteiger partial charge is 0.461 e. The van der Waals surface area contributed by atoms with Crippen molar-refractivity contribution >= 4 is 28.7 Å². The molecule has 0 atom stereocenters. The summed E-state index contributed by atoms with van der Waals surface area (Å²) >= 11 is 1.38. The van der Waals surface area contributed by atoms with Crippen molar-refractivity contribution < 1.29 is 9.21 Å². The van der Waals surface area contributed by atoms with Crippen LogP contribution in [0.5, 0.6) is 0 Å². The number of carbonyl (C=O) groups is 1. The minimum atomic E-state index is -0.0163. The first-order valence-corrected chi connectivity index (χ1v) is 10.9. The second kappa shape index (κ2) is 9.17. The molecule has 9 heteroatoms. The smallest absolute Gasteiger partial charge is 0.230 e. The van der Waals surface area contributed by atoms with Gasteiger partial charge < -0.3 is 14.3 Å². The highest BCUT2D eigenvalue weighted by Gasteiger charge is 2.16. The summed E-state index contributed by atoms with van der Waals surface area (Å²) in [6.45, 7) is 6.16. The van der Waals surface area contributed by atoms with E-state index in [9.17, 15) is 4.79 Å². The van der Waals surface area contributed by atoms with Crippen LogP contribution in [-0.4, -0.2) is 42.5 Å². The van der Waals surface area contributed by atoms with Crippen LogP contribution in [0.15, 0.2) is 52.2 Å². The molecule has 3 heterocycles. The van der Waals surface area contributed by atoms with Gasteiger partial charge in [-0.05, 0) is 44.5 Å². The highest BCUT2D eigenvalue weighted by molar-refractivity contribution is 7.99. The van der Waals surface area contributed by atoms with Gasteiger partial charge in [0.25, 0.3) is 0 Å². The number of thioether (sulfide) groups is 1. The molecule has 1 aromatic carbocycles. The van der Waals surface area contributed by atoms with Gasteiger partial charge in [0.2, 0.25) is 5.91 Å². The third-order valence-corrected chi connectivity index (χ3v) is 5.80. The third-order valence-electron chi connectivity index (χ3n) is 4.83. The molecule has 4 aromatic rings. The van der Waals surface area contributed by atoms with Crippen LogP contribution in [0.4, 0.5) is 0 Å². The van der Waals surface area contributed by atoms with Gasteiger partial charge in [0.15, 0.2) is 16.7 Å². The molecule has 0 aliphatic heterocycles. The SMILES string of the molecule is CCn1c(SCC(=O)NCCCn2c(C)nc3ccccc32)nnc1-c1ccco1. The number of furan rings is 1. The van der Waals surface area contributed by atoms with Crippen LogP contribution in [0, 0.1) is 6.92 Å². The number of nitrogens with one attached hydrogen (secondary N) is 1. The molecule has 0 fully saturated rings. The van der Waals surface area contributed by atoms with Crippen molar-refractivity contribution in [2.45, 2.75) is 38.5 Å². The fraction of sp³-hybridized carbons (Fsp3) is 0.333. The monoisotopic (exact) mass is 424 g/mol. The second-order valence-corrected chi connectivity index (χ2v) is 7.76. The molecule has 0 unspecified atom stereocenters. The number of hydrogen-bond acceptors (Lipinski definition) is 6. The number of aromatic nitrogens is 5. The normalized spacial score (nSPS) is 11.3. The highest BCUT2D eigenvalue weighted by Crippen LogP contribution is 2.24. The lowest BCUT2D eigenvalue weighted by Crippen LogP contribution is -2.27. The molecule has 1 N–H and O–H groups in total. The van der Waals surface area contributed by atoms with E-state index in [0.29, 0.717) is 35.6 Å². The summed E-state index contributed by atoms with van der Waals surface area (Å²) in [4.78, 5) is 16.8. The standard InChI is InChI=1S/C21H24N6O2S/c1-3-26-20(18-10-6-13-29-18)24-25-21(26)30-14-19(28)22-11-7-12-27-15(2)23-16-8-4-5-9-17(16)27/h4-6,8-10,13H,3,7,11-12,14H2,1-2H3,(H,22,28). The fourth-order valence-corrected chi connectivity index (χ4v) is 4.23. The Balaban J connectivity index is 1.26. The van der Waals surface area contributed by atoms with Crippen molar-refractivity contribution in [3.05, 3.63) is 48.5 Å². The molecule has 30 heavy (non-hydrogen) atoms. The molecule has 1 amide bonds. The fourth-order valence-electron chi connectivity index (χ4n) is 3.39. The highest BCUT2D eigenvalue weighted by atomic mass is 32.2. The van der Waals surface area contributed by atoms with Gasteiger partial charge in [0.05, 0.1) is 23.0 Å². The van der Waals surface area contributed by atoms with Crippen LogP contribution in [0.3, 0.4) is 0 Å². The summed E-state index contributed by atoms with van der Waals surface area (Å²) in [6.07, 6.45) is 2.45. The van der Waals surface area contributed by atoms with Crippen LogP contribution >= 0.6 is 11.8 Å². The lowest BCUT2D eigenvalue weighted by Gasteiger charge is -2.09. The Hall–Kier alpha value is -3.07. The maximum absolute atomic E-state index is 12.3. The van der Waals surface area contributed by atoms with Crippen molar-refractivity contribution in [2.75, 3.05) is 12.3 Å². The summed E-state index contributed by atoms with van der Waals surface area (Å²) < 4.78 is 9.55. The number of imidazole rings is 1. The Morgan fingerprint density at radius 2 is 2.03 bits per heavy atom. The van der Waals surface area contributed by atoms with E-state index < -0.39 is 0 Å². The lowest BCUT2D eigenvalue weighted by atomic mass is 10.3. The number of carbonyl (C=O) groups excluding carboxylic acids is 1. The number of benzene rings is 1. The van der Waals surface area contributed by atoms with Crippen LogP contribution in [0.2, 0.25) is 0 Å². The number of rotatable bonds is 9.